The molecular weight excluding hydrogens is 284 g/mol. The average molecular weight is 297 g/mol. The summed E-state index contributed by atoms with van der Waals surface area (Å²) in [5, 5.41) is 0.171. The molecule has 0 N–H and O–H groups in total. The molecule has 0 aliphatic carbocycles. The zero-order chi connectivity index (χ0) is 13.9. The van der Waals surface area contributed by atoms with Crippen molar-refractivity contribution in [3.8, 4) is 0 Å². The zero-order valence-corrected chi connectivity index (χ0v) is 11.9. The summed E-state index contributed by atoms with van der Waals surface area (Å²) in [6, 6.07) is 10.4. The lowest BCUT2D eigenvalue weighted by Gasteiger charge is -2.23. The molecule has 1 heterocycles. The largest absolute Gasteiger partial charge is 0.267 e. The van der Waals surface area contributed by atoms with Gasteiger partial charge in [0, 0.05) is 18.9 Å². The quantitative estimate of drug-likeness (QED) is 0.871. The monoisotopic (exact) mass is 296 g/mol. The Labute approximate surface area is 117 Å². The Morgan fingerprint density at radius 2 is 1.89 bits per heavy atom. The van der Waals surface area contributed by atoms with Gasteiger partial charge in [-0.15, -0.1) is 0 Å². The molecule has 0 aliphatic heterocycles. The molecule has 0 fully saturated rings. The number of rotatable bonds is 4. The van der Waals surface area contributed by atoms with Crippen molar-refractivity contribution in [2.75, 3.05) is 10.8 Å². The fourth-order valence-corrected chi connectivity index (χ4v) is 3.64. The first-order valence-corrected chi connectivity index (χ1v) is 7.56. The number of halogens is 1. The first kappa shape index (κ1) is 13.8. The summed E-state index contributed by atoms with van der Waals surface area (Å²) < 4.78 is 26.5. The van der Waals surface area contributed by atoms with Gasteiger partial charge in [0.2, 0.25) is 0 Å². The minimum absolute atomic E-state index is 0.0161. The smallest absolute Gasteiger partial charge is 0.267 e. The fourth-order valence-electron chi connectivity index (χ4n) is 1.76. The van der Waals surface area contributed by atoms with Crippen molar-refractivity contribution < 1.29 is 8.42 Å². The van der Waals surface area contributed by atoms with Crippen molar-refractivity contribution >= 4 is 27.3 Å². The Hall–Kier alpha value is -1.59. The second kappa shape index (κ2) is 5.59. The lowest BCUT2D eigenvalue weighted by Crippen LogP contribution is -2.31. The molecule has 0 spiro atoms. The van der Waals surface area contributed by atoms with Crippen molar-refractivity contribution in [1.29, 1.82) is 0 Å². The fraction of sp³-hybridized carbons (Fsp3) is 0.154. The van der Waals surface area contributed by atoms with Gasteiger partial charge in [0.05, 0.1) is 10.7 Å². The van der Waals surface area contributed by atoms with Gasteiger partial charge in [0.15, 0.2) is 0 Å². The molecule has 0 atom stereocenters. The SMILES string of the molecule is CCN(c1ccccc1)S(=O)(=O)c1cnccc1Cl. The molecule has 0 unspecified atom stereocenters. The van der Waals surface area contributed by atoms with E-state index in [1.807, 2.05) is 6.07 Å². The molecule has 2 rings (SSSR count). The number of pyridine rings is 1. The summed E-state index contributed by atoms with van der Waals surface area (Å²) >= 11 is 5.95. The second-order valence-electron chi connectivity index (χ2n) is 3.81. The van der Waals surface area contributed by atoms with Crippen LogP contribution in [0.3, 0.4) is 0 Å². The summed E-state index contributed by atoms with van der Waals surface area (Å²) in [5.41, 5.74) is 0.602. The van der Waals surface area contributed by atoms with E-state index in [1.165, 1.54) is 22.8 Å². The number of aromatic nitrogens is 1. The molecule has 100 valence electrons. The molecule has 4 nitrogen and oxygen atoms in total. The molecular formula is C13H13ClN2O2S. The minimum Gasteiger partial charge on any atom is -0.267 e. The topological polar surface area (TPSA) is 50.3 Å². The van der Waals surface area contributed by atoms with Gasteiger partial charge in [-0.3, -0.25) is 9.29 Å². The van der Waals surface area contributed by atoms with Gasteiger partial charge < -0.3 is 0 Å². The Balaban J connectivity index is 2.52. The third-order valence-electron chi connectivity index (χ3n) is 2.63. The maximum atomic E-state index is 12.6. The van der Waals surface area contributed by atoms with Crippen LogP contribution in [0.5, 0.6) is 0 Å². The van der Waals surface area contributed by atoms with E-state index in [4.69, 9.17) is 11.6 Å². The van der Waals surface area contributed by atoms with Gasteiger partial charge in [-0.2, -0.15) is 0 Å². The maximum absolute atomic E-state index is 12.6. The minimum atomic E-state index is -3.70. The van der Waals surface area contributed by atoms with E-state index in [9.17, 15) is 8.42 Å². The van der Waals surface area contributed by atoms with Crippen molar-refractivity contribution in [2.45, 2.75) is 11.8 Å². The van der Waals surface area contributed by atoms with E-state index in [1.54, 1.807) is 31.2 Å². The van der Waals surface area contributed by atoms with Crippen LogP contribution in [0.25, 0.3) is 0 Å². The Bertz CT molecular complexity index is 659. The summed E-state index contributed by atoms with van der Waals surface area (Å²) in [7, 11) is -3.70. The first-order chi connectivity index (χ1) is 9.07. The van der Waals surface area contributed by atoms with Crippen molar-refractivity contribution in [1.82, 2.24) is 4.98 Å². The number of hydrogen-bond acceptors (Lipinski definition) is 3. The number of para-hydroxylation sites is 1. The lowest BCUT2D eigenvalue weighted by atomic mass is 10.3. The van der Waals surface area contributed by atoms with Gasteiger partial charge >= 0.3 is 0 Å². The summed E-state index contributed by atoms with van der Waals surface area (Å²) in [6.07, 6.45) is 2.73. The molecule has 1 aromatic carbocycles. The van der Waals surface area contributed by atoms with Gasteiger partial charge in [-0.05, 0) is 25.1 Å². The highest BCUT2D eigenvalue weighted by Crippen LogP contribution is 2.27. The predicted octanol–water partition coefficient (Wildman–Crippen LogP) is 2.95. The van der Waals surface area contributed by atoms with Crippen molar-refractivity contribution in [3.63, 3.8) is 0 Å². The number of hydrogen-bond donors (Lipinski definition) is 0. The van der Waals surface area contributed by atoms with E-state index in [0.29, 0.717) is 12.2 Å². The average Bonchev–Trinajstić information content (AvgIpc) is 2.40. The Kier molecular flexibility index (Phi) is 4.07. The van der Waals surface area contributed by atoms with Crippen LogP contribution in [0.15, 0.2) is 53.7 Å². The molecule has 0 bridgehead atoms. The van der Waals surface area contributed by atoms with Crippen molar-refractivity contribution in [2.24, 2.45) is 0 Å². The van der Waals surface area contributed by atoms with Gasteiger partial charge in [-0.1, -0.05) is 29.8 Å². The van der Waals surface area contributed by atoms with Gasteiger partial charge in [0.1, 0.15) is 4.90 Å². The molecule has 1 aromatic heterocycles. The van der Waals surface area contributed by atoms with Crippen LogP contribution in [0.4, 0.5) is 5.69 Å². The number of anilines is 1. The Morgan fingerprint density at radius 3 is 2.47 bits per heavy atom. The third kappa shape index (κ3) is 2.72. The van der Waals surface area contributed by atoms with Crippen LogP contribution in [-0.4, -0.2) is 19.9 Å². The number of nitrogens with zero attached hydrogens (tertiary/aromatic N) is 2. The maximum Gasteiger partial charge on any atom is 0.267 e. The zero-order valence-electron chi connectivity index (χ0n) is 10.3. The van der Waals surface area contributed by atoms with Crippen LogP contribution >= 0.6 is 11.6 Å². The van der Waals surface area contributed by atoms with E-state index in [2.05, 4.69) is 4.98 Å². The molecule has 0 radical (unpaired) electrons. The molecule has 0 saturated heterocycles. The third-order valence-corrected chi connectivity index (χ3v) is 5.01. The second-order valence-corrected chi connectivity index (χ2v) is 6.05. The number of benzene rings is 1. The lowest BCUT2D eigenvalue weighted by molar-refractivity contribution is 0.591. The highest BCUT2D eigenvalue weighted by Gasteiger charge is 2.25. The highest BCUT2D eigenvalue weighted by atomic mass is 35.5. The standard InChI is InChI=1S/C13H13ClN2O2S/c1-2-16(11-6-4-3-5-7-11)19(17,18)13-10-15-9-8-12(13)14/h3-10H,2H2,1H3. The van der Waals surface area contributed by atoms with Crippen molar-refractivity contribution in [3.05, 3.63) is 53.8 Å². The Morgan fingerprint density at radius 1 is 1.21 bits per heavy atom. The van der Waals surface area contributed by atoms with Gasteiger partial charge in [0.25, 0.3) is 10.0 Å². The van der Waals surface area contributed by atoms with Crippen LogP contribution in [0.1, 0.15) is 6.92 Å². The van der Waals surface area contributed by atoms with Gasteiger partial charge in [-0.25, -0.2) is 8.42 Å². The molecule has 0 saturated carbocycles. The summed E-state index contributed by atoms with van der Waals surface area (Å²) in [6.45, 7) is 2.09. The van der Waals surface area contributed by atoms with Crippen LogP contribution in [-0.2, 0) is 10.0 Å². The van der Waals surface area contributed by atoms with E-state index < -0.39 is 10.0 Å². The molecule has 0 aliphatic rings. The van der Waals surface area contributed by atoms with Crippen LogP contribution < -0.4 is 4.31 Å². The normalized spacial score (nSPS) is 11.3. The molecule has 2 aromatic rings. The molecule has 6 heteroatoms. The van der Waals surface area contributed by atoms with Crippen LogP contribution in [0.2, 0.25) is 5.02 Å². The van der Waals surface area contributed by atoms with E-state index in [0.717, 1.165) is 0 Å². The van der Waals surface area contributed by atoms with E-state index in [-0.39, 0.29) is 9.92 Å². The summed E-state index contributed by atoms with van der Waals surface area (Å²) in [4.78, 5) is 3.85. The van der Waals surface area contributed by atoms with E-state index >= 15 is 0 Å². The molecule has 19 heavy (non-hydrogen) atoms. The predicted molar refractivity (Wildman–Crippen MR) is 75.9 cm³/mol. The summed E-state index contributed by atoms with van der Waals surface area (Å²) in [5.74, 6) is 0. The first-order valence-electron chi connectivity index (χ1n) is 5.74. The van der Waals surface area contributed by atoms with Crippen LogP contribution in [0, 0.1) is 0 Å². The number of sulfonamides is 1. The highest BCUT2D eigenvalue weighted by molar-refractivity contribution is 7.93. The molecule has 0 amide bonds.